The number of ether oxygens (including phenoxy) is 2. The quantitative estimate of drug-likeness (QED) is 0.827. The Morgan fingerprint density at radius 3 is 2.79 bits per heavy atom. The van der Waals surface area contributed by atoms with Crippen LogP contribution in [0, 0.1) is 0 Å². The highest BCUT2D eigenvalue weighted by Crippen LogP contribution is 2.27. The van der Waals surface area contributed by atoms with E-state index in [9.17, 15) is 8.42 Å². The molecule has 6 nitrogen and oxygen atoms in total. The van der Waals surface area contributed by atoms with Crippen LogP contribution >= 0.6 is 0 Å². The maximum Gasteiger partial charge on any atom is 0.243 e. The zero-order valence-corrected chi connectivity index (χ0v) is 11.8. The molecule has 0 bridgehead atoms. The fourth-order valence-corrected chi connectivity index (χ4v) is 3.71. The second-order valence-corrected chi connectivity index (χ2v) is 6.33. The molecule has 2 N–H and O–H groups in total. The molecular formula is C12H18N2O4S. The van der Waals surface area contributed by atoms with Gasteiger partial charge in [-0.05, 0) is 25.1 Å². The summed E-state index contributed by atoms with van der Waals surface area (Å²) < 4.78 is 36.8. The van der Waals surface area contributed by atoms with Crippen molar-refractivity contribution in [2.45, 2.75) is 17.9 Å². The molecule has 1 aromatic rings. The van der Waals surface area contributed by atoms with E-state index in [4.69, 9.17) is 15.2 Å². The van der Waals surface area contributed by atoms with Gasteiger partial charge in [0.25, 0.3) is 0 Å². The lowest BCUT2D eigenvalue weighted by molar-refractivity contribution is 0.0393. The summed E-state index contributed by atoms with van der Waals surface area (Å²) >= 11 is 0. The van der Waals surface area contributed by atoms with Gasteiger partial charge in [0, 0.05) is 12.6 Å². The van der Waals surface area contributed by atoms with Crippen molar-refractivity contribution in [1.29, 1.82) is 0 Å². The molecule has 1 fully saturated rings. The Hall–Kier alpha value is -1.31. The Morgan fingerprint density at radius 1 is 1.47 bits per heavy atom. The van der Waals surface area contributed by atoms with Crippen LogP contribution in [0.1, 0.15) is 6.92 Å². The van der Waals surface area contributed by atoms with Crippen molar-refractivity contribution < 1.29 is 17.9 Å². The molecule has 0 radical (unpaired) electrons. The standard InChI is InChI=1S/C12H18N2O4S/c1-9-8-18-6-5-14(9)19(15,16)10-3-4-12(17-2)11(13)7-10/h3-4,7,9H,5-6,8,13H2,1-2H3/t9-/m1/s1. The highest BCUT2D eigenvalue weighted by molar-refractivity contribution is 7.89. The summed E-state index contributed by atoms with van der Waals surface area (Å²) in [5.41, 5.74) is 6.07. The lowest BCUT2D eigenvalue weighted by atomic mass is 10.3. The van der Waals surface area contributed by atoms with Crippen molar-refractivity contribution in [2.75, 3.05) is 32.6 Å². The van der Waals surface area contributed by atoms with Gasteiger partial charge in [-0.3, -0.25) is 0 Å². The van der Waals surface area contributed by atoms with Crippen LogP contribution in [0.25, 0.3) is 0 Å². The number of morpholine rings is 1. The molecule has 0 unspecified atom stereocenters. The van der Waals surface area contributed by atoms with Gasteiger partial charge in [0.1, 0.15) is 5.75 Å². The second-order valence-electron chi connectivity index (χ2n) is 4.44. The van der Waals surface area contributed by atoms with E-state index in [0.29, 0.717) is 31.2 Å². The van der Waals surface area contributed by atoms with E-state index < -0.39 is 10.0 Å². The van der Waals surface area contributed by atoms with Crippen molar-refractivity contribution in [1.82, 2.24) is 4.31 Å². The number of benzene rings is 1. The Balaban J connectivity index is 2.36. The third-order valence-corrected chi connectivity index (χ3v) is 5.12. The number of rotatable bonds is 3. The molecule has 1 atom stereocenters. The molecule has 1 aliphatic rings. The molecule has 0 aromatic heterocycles. The summed E-state index contributed by atoms with van der Waals surface area (Å²) in [6, 6.07) is 4.32. The van der Waals surface area contributed by atoms with Crippen LogP contribution in [0.3, 0.4) is 0 Å². The van der Waals surface area contributed by atoms with Crippen molar-refractivity contribution in [2.24, 2.45) is 0 Å². The summed E-state index contributed by atoms with van der Waals surface area (Å²) in [7, 11) is -2.05. The van der Waals surface area contributed by atoms with Crippen LogP contribution in [0.4, 0.5) is 5.69 Å². The summed E-state index contributed by atoms with van der Waals surface area (Å²) in [6.45, 7) is 3.00. The van der Waals surface area contributed by atoms with E-state index in [-0.39, 0.29) is 10.9 Å². The average molecular weight is 286 g/mol. The molecule has 0 aliphatic carbocycles. The molecule has 0 amide bonds. The van der Waals surface area contributed by atoms with E-state index in [1.54, 1.807) is 6.07 Å². The van der Waals surface area contributed by atoms with Crippen LogP contribution in [0.5, 0.6) is 5.75 Å². The molecule has 7 heteroatoms. The number of hydrogen-bond donors (Lipinski definition) is 1. The fourth-order valence-electron chi connectivity index (χ4n) is 2.08. The first-order valence-electron chi connectivity index (χ1n) is 6.00. The third-order valence-electron chi connectivity index (χ3n) is 3.11. The molecule has 1 aliphatic heterocycles. The topological polar surface area (TPSA) is 81.9 Å². The lowest BCUT2D eigenvalue weighted by Gasteiger charge is -2.32. The zero-order chi connectivity index (χ0) is 14.0. The summed E-state index contributed by atoms with van der Waals surface area (Å²) in [5.74, 6) is 0.467. The Bertz CT molecular complexity index is 559. The van der Waals surface area contributed by atoms with Gasteiger partial charge in [0.15, 0.2) is 0 Å². The first-order valence-corrected chi connectivity index (χ1v) is 7.44. The number of methoxy groups -OCH3 is 1. The van der Waals surface area contributed by atoms with Crippen molar-refractivity contribution in [3.05, 3.63) is 18.2 Å². The molecular weight excluding hydrogens is 268 g/mol. The lowest BCUT2D eigenvalue weighted by Crippen LogP contribution is -2.46. The summed E-state index contributed by atoms with van der Waals surface area (Å²) in [4.78, 5) is 0.180. The third kappa shape index (κ3) is 2.68. The van der Waals surface area contributed by atoms with Crippen LogP contribution in [-0.2, 0) is 14.8 Å². The highest BCUT2D eigenvalue weighted by Gasteiger charge is 2.31. The number of anilines is 1. The maximum absolute atomic E-state index is 12.5. The Labute approximate surface area is 113 Å². The van der Waals surface area contributed by atoms with E-state index >= 15 is 0 Å². The van der Waals surface area contributed by atoms with Crippen molar-refractivity contribution in [3.8, 4) is 5.75 Å². The second kappa shape index (κ2) is 5.36. The molecule has 2 rings (SSSR count). The smallest absolute Gasteiger partial charge is 0.243 e. The zero-order valence-electron chi connectivity index (χ0n) is 11.0. The molecule has 0 saturated carbocycles. The maximum atomic E-state index is 12.5. The van der Waals surface area contributed by atoms with Crippen LogP contribution in [-0.4, -0.2) is 45.6 Å². The normalized spacial score (nSPS) is 21.3. The van der Waals surface area contributed by atoms with Gasteiger partial charge in [0.2, 0.25) is 10.0 Å². The van der Waals surface area contributed by atoms with Gasteiger partial charge >= 0.3 is 0 Å². The predicted molar refractivity (Wildman–Crippen MR) is 71.6 cm³/mol. The summed E-state index contributed by atoms with van der Waals surface area (Å²) in [5, 5.41) is 0. The van der Waals surface area contributed by atoms with Crippen molar-refractivity contribution in [3.63, 3.8) is 0 Å². The number of nitrogens with two attached hydrogens (primary N) is 1. The first kappa shape index (κ1) is 14.1. The van der Waals surface area contributed by atoms with E-state index in [2.05, 4.69) is 0 Å². The number of hydrogen-bond acceptors (Lipinski definition) is 5. The monoisotopic (exact) mass is 286 g/mol. The number of nitrogens with zero attached hydrogens (tertiary/aromatic N) is 1. The van der Waals surface area contributed by atoms with E-state index in [0.717, 1.165) is 0 Å². The number of sulfonamides is 1. The Kier molecular flexibility index (Phi) is 3.98. The predicted octanol–water partition coefficient (Wildman–Crippen LogP) is 0.687. The minimum Gasteiger partial charge on any atom is -0.495 e. The van der Waals surface area contributed by atoms with Gasteiger partial charge < -0.3 is 15.2 Å². The average Bonchev–Trinajstić information content (AvgIpc) is 2.39. The largest absolute Gasteiger partial charge is 0.495 e. The van der Waals surface area contributed by atoms with Gasteiger partial charge in [0.05, 0.1) is 30.9 Å². The SMILES string of the molecule is COc1ccc(S(=O)(=O)N2CCOC[C@H]2C)cc1N. The van der Waals surface area contributed by atoms with Crippen LogP contribution in [0.15, 0.2) is 23.1 Å². The first-order chi connectivity index (χ1) is 8.96. The fraction of sp³-hybridized carbons (Fsp3) is 0.500. The van der Waals surface area contributed by atoms with Gasteiger partial charge in [-0.1, -0.05) is 0 Å². The molecule has 106 valence electrons. The number of nitrogen functional groups attached to an aromatic ring is 1. The highest BCUT2D eigenvalue weighted by atomic mass is 32.2. The van der Waals surface area contributed by atoms with Gasteiger partial charge in [-0.2, -0.15) is 4.31 Å². The summed E-state index contributed by atoms with van der Waals surface area (Å²) in [6.07, 6.45) is 0. The van der Waals surface area contributed by atoms with E-state index in [1.165, 1.54) is 23.5 Å². The Morgan fingerprint density at radius 2 is 2.21 bits per heavy atom. The van der Waals surface area contributed by atoms with Crippen LogP contribution < -0.4 is 10.5 Å². The molecule has 1 aromatic carbocycles. The van der Waals surface area contributed by atoms with Crippen molar-refractivity contribution >= 4 is 15.7 Å². The molecule has 1 saturated heterocycles. The minimum atomic E-state index is -3.54. The minimum absolute atomic E-state index is 0.179. The van der Waals surface area contributed by atoms with Gasteiger partial charge in [-0.15, -0.1) is 0 Å². The van der Waals surface area contributed by atoms with E-state index in [1.807, 2.05) is 6.92 Å². The van der Waals surface area contributed by atoms with Crippen LogP contribution in [0.2, 0.25) is 0 Å². The molecule has 1 heterocycles. The molecule has 0 spiro atoms. The molecule has 19 heavy (non-hydrogen) atoms. The van der Waals surface area contributed by atoms with Gasteiger partial charge in [-0.25, -0.2) is 8.42 Å².